The molecular formula is C21H26F3N9O2. The lowest BCUT2D eigenvalue weighted by atomic mass is 10.1. The lowest BCUT2D eigenvalue weighted by Gasteiger charge is -2.38. The largest absolute Gasteiger partial charge is 0.435 e. The number of hydrogen-bond acceptors (Lipinski definition) is 8. The Morgan fingerprint density at radius 3 is 2.63 bits per heavy atom. The van der Waals surface area contributed by atoms with Crippen molar-refractivity contribution in [2.75, 3.05) is 36.0 Å². The summed E-state index contributed by atoms with van der Waals surface area (Å²) in [6.07, 6.45) is -1.15. The Morgan fingerprint density at radius 2 is 1.97 bits per heavy atom. The molecule has 0 fully saturated rings. The Kier molecular flexibility index (Phi) is 6.40. The molecule has 0 saturated heterocycles. The third-order valence-electron chi connectivity index (χ3n) is 5.83. The molecule has 1 aliphatic heterocycles. The van der Waals surface area contributed by atoms with Crippen LogP contribution in [0.2, 0.25) is 0 Å². The van der Waals surface area contributed by atoms with Crippen molar-refractivity contribution in [3.8, 4) is 0 Å². The van der Waals surface area contributed by atoms with Crippen molar-refractivity contribution in [3.63, 3.8) is 0 Å². The maximum atomic E-state index is 12.9. The lowest BCUT2D eigenvalue weighted by molar-refractivity contribution is -0.141. The number of fused-ring (bicyclic) bond motifs is 1. The Bertz CT molecular complexity index is 1240. The van der Waals surface area contributed by atoms with Crippen LogP contribution in [0.15, 0.2) is 18.5 Å². The van der Waals surface area contributed by atoms with Gasteiger partial charge in [0.2, 0.25) is 5.95 Å². The average molecular weight is 493 g/mol. The number of hydrogen-bond donors (Lipinski definition) is 1. The number of ether oxygens (including phenoxy) is 1. The summed E-state index contributed by atoms with van der Waals surface area (Å²) in [5.41, 5.74) is 1.45. The number of halogens is 3. The molecule has 0 aliphatic carbocycles. The predicted octanol–water partition coefficient (Wildman–Crippen LogP) is 2.17. The molecule has 1 unspecified atom stereocenters. The van der Waals surface area contributed by atoms with Crippen LogP contribution in [0.4, 0.5) is 30.6 Å². The number of alkyl halides is 3. The molecule has 1 amide bonds. The van der Waals surface area contributed by atoms with Crippen LogP contribution in [0, 0.1) is 6.92 Å². The van der Waals surface area contributed by atoms with Gasteiger partial charge in [0, 0.05) is 39.5 Å². The Labute approximate surface area is 199 Å². The first-order valence-electron chi connectivity index (χ1n) is 10.8. The van der Waals surface area contributed by atoms with E-state index < -0.39 is 17.9 Å². The van der Waals surface area contributed by atoms with Crippen molar-refractivity contribution in [3.05, 3.63) is 41.1 Å². The second-order valence-corrected chi connectivity index (χ2v) is 8.32. The molecule has 0 radical (unpaired) electrons. The number of carbonyl (C=O) groups is 1. The summed E-state index contributed by atoms with van der Waals surface area (Å²) in [4.78, 5) is 25.1. The number of aromatic nitrogens is 6. The van der Waals surface area contributed by atoms with Gasteiger partial charge in [-0.05, 0) is 19.9 Å². The molecule has 11 nitrogen and oxygen atoms in total. The van der Waals surface area contributed by atoms with Crippen molar-refractivity contribution >= 4 is 23.4 Å². The summed E-state index contributed by atoms with van der Waals surface area (Å²) in [5.74, 6) is 0.884. The fraction of sp³-hybridized carbons (Fsp3) is 0.476. The smallest absolute Gasteiger partial charge is 0.364 e. The number of nitrogens with one attached hydrogen (secondary N) is 1. The molecule has 14 heteroatoms. The van der Waals surface area contributed by atoms with Crippen molar-refractivity contribution in [2.24, 2.45) is 7.05 Å². The van der Waals surface area contributed by atoms with Crippen LogP contribution < -0.4 is 15.1 Å². The van der Waals surface area contributed by atoms with Crippen molar-refractivity contribution in [1.82, 2.24) is 29.5 Å². The van der Waals surface area contributed by atoms with Gasteiger partial charge in [0.15, 0.2) is 11.5 Å². The van der Waals surface area contributed by atoms with E-state index in [-0.39, 0.29) is 19.2 Å². The maximum Gasteiger partial charge on any atom is 0.435 e. The SMILES string of the molecule is COCN1C(=O)C(C)N(C)c2nc(NCc3cnn(Cc4cc(C(F)(F)F)nn4C)c3)nc(C)c21. The zero-order valence-corrected chi connectivity index (χ0v) is 20.0. The summed E-state index contributed by atoms with van der Waals surface area (Å²) >= 11 is 0. The molecule has 3 aromatic rings. The molecule has 4 heterocycles. The molecule has 188 valence electrons. The number of nitrogens with zero attached hydrogens (tertiary/aromatic N) is 8. The van der Waals surface area contributed by atoms with Crippen LogP contribution >= 0.6 is 0 Å². The van der Waals surface area contributed by atoms with Gasteiger partial charge in [-0.1, -0.05) is 0 Å². The topological polar surface area (TPSA) is 106 Å². The van der Waals surface area contributed by atoms with Gasteiger partial charge in [0.1, 0.15) is 18.5 Å². The number of likely N-dealkylation sites (N-methyl/N-ethyl adjacent to an activating group) is 1. The normalized spacial score (nSPS) is 16.1. The summed E-state index contributed by atoms with van der Waals surface area (Å²) in [6, 6.07) is 0.598. The van der Waals surface area contributed by atoms with Crippen molar-refractivity contribution < 1.29 is 22.7 Å². The molecule has 0 bridgehead atoms. The highest BCUT2D eigenvalue weighted by Gasteiger charge is 2.37. The lowest BCUT2D eigenvalue weighted by Crippen LogP contribution is -2.52. The molecule has 1 N–H and O–H groups in total. The van der Waals surface area contributed by atoms with E-state index in [1.165, 1.54) is 28.4 Å². The van der Waals surface area contributed by atoms with Gasteiger partial charge < -0.3 is 15.0 Å². The zero-order chi connectivity index (χ0) is 25.5. The molecule has 1 aliphatic rings. The Balaban J connectivity index is 1.48. The summed E-state index contributed by atoms with van der Waals surface area (Å²) in [7, 11) is 4.78. The van der Waals surface area contributed by atoms with Crippen LogP contribution in [0.3, 0.4) is 0 Å². The third-order valence-corrected chi connectivity index (χ3v) is 5.83. The number of methoxy groups -OCH3 is 1. The summed E-state index contributed by atoms with van der Waals surface area (Å²) in [5, 5.41) is 10.9. The standard InChI is InChI=1S/C21H26F3N9O2/c1-12-17-18(30(3)13(2)19(34)33(17)11-35-5)28-20(27-12)25-7-14-8-26-32(9-14)10-15-6-16(21(22,23)24)29-31(15)4/h6,8-9,13H,7,10-11H2,1-5H3,(H,25,27,28). The summed E-state index contributed by atoms with van der Waals surface area (Å²) < 4.78 is 46.6. The van der Waals surface area contributed by atoms with Crippen LogP contribution in [0.25, 0.3) is 0 Å². The van der Waals surface area contributed by atoms with Gasteiger partial charge in [-0.25, -0.2) is 4.98 Å². The van der Waals surface area contributed by atoms with Gasteiger partial charge in [0.25, 0.3) is 5.91 Å². The third kappa shape index (κ3) is 4.78. The van der Waals surface area contributed by atoms with Crippen molar-refractivity contribution in [2.45, 2.75) is 39.2 Å². The average Bonchev–Trinajstić information content (AvgIpc) is 3.40. The quantitative estimate of drug-likeness (QED) is 0.534. The van der Waals surface area contributed by atoms with E-state index in [9.17, 15) is 18.0 Å². The van der Waals surface area contributed by atoms with Crippen LogP contribution in [0.1, 0.15) is 29.6 Å². The molecule has 0 spiro atoms. The van der Waals surface area contributed by atoms with Crippen LogP contribution in [0.5, 0.6) is 0 Å². The number of rotatable bonds is 7. The molecule has 0 aromatic carbocycles. The van der Waals surface area contributed by atoms with E-state index in [0.717, 1.165) is 11.6 Å². The first kappa shape index (κ1) is 24.4. The highest BCUT2D eigenvalue weighted by molar-refractivity contribution is 6.05. The molecule has 4 rings (SSSR count). The Hall–Kier alpha value is -3.68. The Morgan fingerprint density at radius 1 is 1.23 bits per heavy atom. The van der Waals surface area contributed by atoms with E-state index in [2.05, 4.69) is 25.5 Å². The number of amides is 1. The minimum Gasteiger partial charge on any atom is -0.364 e. The van der Waals surface area contributed by atoms with E-state index >= 15 is 0 Å². The van der Waals surface area contributed by atoms with Gasteiger partial charge in [-0.3, -0.25) is 19.1 Å². The first-order valence-corrected chi connectivity index (χ1v) is 10.8. The van der Waals surface area contributed by atoms with Gasteiger partial charge in [-0.2, -0.15) is 28.4 Å². The predicted molar refractivity (Wildman–Crippen MR) is 121 cm³/mol. The van der Waals surface area contributed by atoms with Crippen molar-refractivity contribution in [1.29, 1.82) is 0 Å². The molecule has 1 atom stereocenters. The second-order valence-electron chi connectivity index (χ2n) is 8.32. The van der Waals surface area contributed by atoms with Gasteiger partial charge in [0.05, 0.1) is 24.1 Å². The second kappa shape index (κ2) is 9.17. The van der Waals surface area contributed by atoms with E-state index in [4.69, 9.17) is 4.74 Å². The first-order chi connectivity index (χ1) is 16.5. The molecular weight excluding hydrogens is 467 g/mol. The van der Waals surface area contributed by atoms with Gasteiger partial charge in [-0.15, -0.1) is 0 Å². The molecule has 3 aromatic heterocycles. The van der Waals surface area contributed by atoms with E-state index in [1.54, 1.807) is 38.2 Å². The van der Waals surface area contributed by atoms with Crippen LogP contribution in [-0.2, 0) is 35.8 Å². The molecule has 0 saturated carbocycles. The highest BCUT2D eigenvalue weighted by Crippen LogP contribution is 2.36. The van der Waals surface area contributed by atoms with Gasteiger partial charge >= 0.3 is 6.18 Å². The summed E-state index contributed by atoms with van der Waals surface area (Å²) in [6.45, 7) is 4.18. The fourth-order valence-electron chi connectivity index (χ4n) is 3.86. The monoisotopic (exact) mass is 493 g/mol. The van der Waals surface area contributed by atoms with E-state index in [0.29, 0.717) is 35.4 Å². The minimum absolute atomic E-state index is 0.0985. The number of aryl methyl sites for hydroxylation is 2. The minimum atomic E-state index is -4.50. The maximum absolute atomic E-state index is 12.9. The van der Waals surface area contributed by atoms with Crippen LogP contribution in [-0.4, -0.2) is 62.4 Å². The van der Waals surface area contributed by atoms with E-state index in [1.807, 2.05) is 0 Å². The number of carbonyl (C=O) groups excluding carboxylic acids is 1. The number of anilines is 3. The highest BCUT2D eigenvalue weighted by atomic mass is 19.4. The fourth-order valence-corrected chi connectivity index (χ4v) is 3.86. The zero-order valence-electron chi connectivity index (χ0n) is 20.0. The molecule has 35 heavy (non-hydrogen) atoms.